The highest BCUT2D eigenvalue weighted by atomic mass is 16.5. The monoisotopic (exact) mass is 294 g/mol. The third-order valence-corrected chi connectivity index (χ3v) is 6.28. The summed E-state index contributed by atoms with van der Waals surface area (Å²) >= 11 is 0. The maximum atomic E-state index is 5.32. The van der Waals surface area contributed by atoms with Gasteiger partial charge in [0, 0.05) is 45.4 Å². The summed E-state index contributed by atoms with van der Waals surface area (Å²) in [5.41, 5.74) is 0.596. The summed E-state index contributed by atoms with van der Waals surface area (Å²) in [6.07, 6.45) is 11.4. The van der Waals surface area contributed by atoms with Gasteiger partial charge >= 0.3 is 0 Å². The van der Waals surface area contributed by atoms with Crippen molar-refractivity contribution in [2.24, 2.45) is 11.3 Å². The lowest BCUT2D eigenvalue weighted by Gasteiger charge is -2.44. The van der Waals surface area contributed by atoms with Crippen LogP contribution in [0.25, 0.3) is 0 Å². The van der Waals surface area contributed by atoms with Crippen LogP contribution in [0.5, 0.6) is 0 Å². The largest absolute Gasteiger partial charge is 0.385 e. The summed E-state index contributed by atoms with van der Waals surface area (Å²) < 4.78 is 5.32. The Balaban J connectivity index is 1.53. The van der Waals surface area contributed by atoms with Crippen LogP contribution in [0.1, 0.15) is 58.3 Å². The molecule has 1 heterocycles. The van der Waals surface area contributed by atoms with Gasteiger partial charge in [-0.05, 0) is 50.4 Å². The molecule has 2 aliphatic carbocycles. The van der Waals surface area contributed by atoms with Gasteiger partial charge in [0.25, 0.3) is 0 Å². The summed E-state index contributed by atoms with van der Waals surface area (Å²) in [6, 6.07) is 1.45. The Labute approximate surface area is 130 Å². The molecule has 3 heteroatoms. The number of nitrogens with zero attached hydrogens (tertiary/aromatic N) is 1. The first kappa shape index (κ1) is 15.8. The Morgan fingerprint density at radius 3 is 2.62 bits per heavy atom. The highest BCUT2D eigenvalue weighted by Gasteiger charge is 2.45. The molecule has 21 heavy (non-hydrogen) atoms. The van der Waals surface area contributed by atoms with E-state index in [-0.39, 0.29) is 0 Å². The van der Waals surface area contributed by atoms with Gasteiger partial charge in [0.05, 0.1) is 0 Å². The van der Waals surface area contributed by atoms with E-state index in [9.17, 15) is 0 Å². The molecule has 0 aromatic heterocycles. The predicted octanol–water partition coefficient (Wildman–Crippen LogP) is 3.05. The fourth-order valence-electron chi connectivity index (χ4n) is 4.43. The predicted molar refractivity (Wildman–Crippen MR) is 87.6 cm³/mol. The summed E-state index contributed by atoms with van der Waals surface area (Å²) in [4.78, 5) is 2.79. The van der Waals surface area contributed by atoms with Crippen LogP contribution < -0.4 is 5.32 Å². The van der Waals surface area contributed by atoms with E-state index in [2.05, 4.69) is 17.1 Å². The van der Waals surface area contributed by atoms with Crippen molar-refractivity contribution in [1.29, 1.82) is 0 Å². The summed E-state index contributed by atoms with van der Waals surface area (Å²) in [5, 5.41) is 3.85. The van der Waals surface area contributed by atoms with Crippen LogP contribution in [-0.4, -0.2) is 50.3 Å². The zero-order valence-corrected chi connectivity index (χ0v) is 14.1. The Kier molecular flexibility index (Phi) is 5.23. The molecule has 1 N–H and O–H groups in total. The number of hydrogen-bond acceptors (Lipinski definition) is 3. The molecule has 3 aliphatic rings. The fourth-order valence-corrected chi connectivity index (χ4v) is 4.43. The molecule has 3 rings (SSSR count). The highest BCUT2D eigenvalue weighted by molar-refractivity contribution is 4.98. The Morgan fingerprint density at radius 1 is 1.19 bits per heavy atom. The second-order valence-electron chi connectivity index (χ2n) is 7.93. The minimum atomic E-state index is 0.596. The molecule has 2 saturated carbocycles. The zero-order valence-electron chi connectivity index (χ0n) is 14.1. The normalized spacial score (nSPS) is 34.0. The first-order valence-corrected chi connectivity index (χ1v) is 9.19. The molecule has 0 radical (unpaired) electrons. The molecule has 0 bridgehead atoms. The third kappa shape index (κ3) is 4.00. The van der Waals surface area contributed by atoms with Crippen LogP contribution >= 0.6 is 0 Å². The van der Waals surface area contributed by atoms with E-state index in [1.807, 2.05) is 7.11 Å². The minimum absolute atomic E-state index is 0.596. The minimum Gasteiger partial charge on any atom is -0.385 e. The molecule has 0 amide bonds. The Hall–Kier alpha value is -0.120. The van der Waals surface area contributed by atoms with E-state index < -0.39 is 0 Å². The molecule has 0 aromatic carbocycles. The number of piperazine rings is 1. The van der Waals surface area contributed by atoms with Crippen molar-refractivity contribution < 1.29 is 4.74 Å². The van der Waals surface area contributed by atoms with Crippen molar-refractivity contribution >= 4 is 0 Å². The second kappa shape index (κ2) is 6.97. The van der Waals surface area contributed by atoms with Crippen LogP contribution in [0.4, 0.5) is 0 Å². The molecule has 0 spiro atoms. The van der Waals surface area contributed by atoms with Crippen molar-refractivity contribution in [2.75, 3.05) is 33.4 Å². The summed E-state index contributed by atoms with van der Waals surface area (Å²) in [5.74, 6) is 0.933. The van der Waals surface area contributed by atoms with Gasteiger partial charge in [-0.15, -0.1) is 0 Å². The second-order valence-corrected chi connectivity index (χ2v) is 7.93. The number of hydrogen-bond donors (Lipinski definition) is 1. The highest BCUT2D eigenvalue weighted by Crippen LogP contribution is 2.49. The van der Waals surface area contributed by atoms with Crippen LogP contribution in [0.2, 0.25) is 0 Å². The van der Waals surface area contributed by atoms with E-state index >= 15 is 0 Å². The number of ether oxygens (including phenoxy) is 1. The lowest BCUT2D eigenvalue weighted by Crippen LogP contribution is -2.59. The van der Waals surface area contributed by atoms with Gasteiger partial charge in [-0.25, -0.2) is 0 Å². The maximum absolute atomic E-state index is 5.32. The first-order valence-electron chi connectivity index (χ1n) is 9.19. The molecule has 3 nitrogen and oxygen atoms in total. The van der Waals surface area contributed by atoms with Gasteiger partial charge in [-0.2, -0.15) is 0 Å². The molecule has 2 unspecified atom stereocenters. The van der Waals surface area contributed by atoms with Crippen LogP contribution in [-0.2, 0) is 4.74 Å². The smallest absolute Gasteiger partial charge is 0.0468 e. The Bertz CT molecular complexity index is 323. The van der Waals surface area contributed by atoms with Crippen molar-refractivity contribution in [2.45, 2.75) is 70.4 Å². The third-order valence-electron chi connectivity index (χ3n) is 6.28. The number of rotatable bonds is 6. The van der Waals surface area contributed by atoms with Crippen molar-refractivity contribution in [1.82, 2.24) is 10.2 Å². The van der Waals surface area contributed by atoms with Crippen molar-refractivity contribution in [3.8, 4) is 0 Å². The van der Waals surface area contributed by atoms with Crippen LogP contribution in [0, 0.1) is 11.3 Å². The van der Waals surface area contributed by atoms with E-state index in [0.717, 1.165) is 18.6 Å². The first-order chi connectivity index (χ1) is 10.2. The van der Waals surface area contributed by atoms with E-state index in [4.69, 9.17) is 4.74 Å². The molecule has 1 saturated heterocycles. The van der Waals surface area contributed by atoms with E-state index in [1.165, 1.54) is 71.0 Å². The average molecular weight is 294 g/mol. The topological polar surface area (TPSA) is 24.5 Å². The fraction of sp³-hybridized carbons (Fsp3) is 1.00. The molecular formula is C18H34N2O. The molecule has 3 fully saturated rings. The lowest BCUT2D eigenvalue weighted by atomic mass is 9.82. The Morgan fingerprint density at radius 2 is 1.95 bits per heavy atom. The zero-order chi connectivity index (χ0) is 14.7. The van der Waals surface area contributed by atoms with Gasteiger partial charge in [0.1, 0.15) is 0 Å². The number of methoxy groups -OCH3 is 1. The van der Waals surface area contributed by atoms with Gasteiger partial charge in [0.15, 0.2) is 0 Å². The van der Waals surface area contributed by atoms with Crippen LogP contribution in [0.3, 0.4) is 0 Å². The van der Waals surface area contributed by atoms with Crippen molar-refractivity contribution in [3.05, 3.63) is 0 Å². The van der Waals surface area contributed by atoms with Gasteiger partial charge in [0.2, 0.25) is 0 Å². The SMILES string of the molecule is COCCC1(CN2CC(C3CCCCC3)NCC2C)CC1. The summed E-state index contributed by atoms with van der Waals surface area (Å²) in [7, 11) is 1.84. The van der Waals surface area contributed by atoms with Gasteiger partial charge < -0.3 is 10.1 Å². The molecule has 122 valence electrons. The molecule has 0 aromatic rings. The molecule has 2 atom stereocenters. The van der Waals surface area contributed by atoms with Crippen LogP contribution in [0.15, 0.2) is 0 Å². The quantitative estimate of drug-likeness (QED) is 0.815. The number of nitrogens with one attached hydrogen (secondary N) is 1. The summed E-state index contributed by atoms with van der Waals surface area (Å²) in [6.45, 7) is 7.10. The standard InChI is InChI=1S/C18H34N2O/c1-15-12-19-17(16-6-4-3-5-7-16)13-20(15)14-18(8-9-18)10-11-21-2/h15-17,19H,3-14H2,1-2H3. The average Bonchev–Trinajstić information content (AvgIpc) is 3.28. The van der Waals surface area contributed by atoms with Crippen molar-refractivity contribution in [3.63, 3.8) is 0 Å². The van der Waals surface area contributed by atoms with E-state index in [1.54, 1.807) is 0 Å². The maximum Gasteiger partial charge on any atom is 0.0468 e. The molecule has 1 aliphatic heterocycles. The van der Waals surface area contributed by atoms with E-state index in [0.29, 0.717) is 11.5 Å². The van der Waals surface area contributed by atoms with Gasteiger partial charge in [-0.3, -0.25) is 4.90 Å². The van der Waals surface area contributed by atoms with Gasteiger partial charge in [-0.1, -0.05) is 19.3 Å². The molecular weight excluding hydrogens is 260 g/mol. The lowest BCUT2D eigenvalue weighted by molar-refractivity contribution is 0.0744.